The Morgan fingerprint density at radius 3 is 2.75 bits per heavy atom. The summed E-state index contributed by atoms with van der Waals surface area (Å²) in [7, 11) is 0. The van der Waals surface area contributed by atoms with Crippen molar-refractivity contribution in [3.05, 3.63) is 88.2 Å². The molecule has 3 unspecified atom stereocenters. The van der Waals surface area contributed by atoms with Gasteiger partial charge in [-0.25, -0.2) is 9.37 Å². The van der Waals surface area contributed by atoms with Crippen molar-refractivity contribution >= 4 is 23.2 Å². The Balaban J connectivity index is 1.36. The van der Waals surface area contributed by atoms with E-state index in [0.717, 1.165) is 30.4 Å². The minimum absolute atomic E-state index is 0.0659. The van der Waals surface area contributed by atoms with Crippen molar-refractivity contribution < 1.29 is 18.6 Å². The first kappa shape index (κ1) is 23.2. The average Bonchev–Trinajstić information content (AvgIpc) is 3.28. The fourth-order valence-electron chi connectivity index (χ4n) is 3.72. The number of hydrogen-bond donors (Lipinski definition) is 0. The Kier molecular flexibility index (Phi) is 8.16. The quantitative estimate of drug-likeness (QED) is 0.367. The molecule has 0 radical (unpaired) electrons. The van der Waals surface area contributed by atoms with Crippen molar-refractivity contribution in [2.75, 3.05) is 6.61 Å². The van der Waals surface area contributed by atoms with Gasteiger partial charge in [-0.2, -0.15) is 0 Å². The molecular formula is C24H25Cl2FN2O3. The molecule has 4 rings (SSSR count). The molecular weight excluding hydrogens is 454 g/mol. The highest BCUT2D eigenvalue weighted by molar-refractivity contribution is 6.35. The predicted molar refractivity (Wildman–Crippen MR) is 121 cm³/mol. The van der Waals surface area contributed by atoms with Crippen LogP contribution in [-0.4, -0.2) is 28.6 Å². The third kappa shape index (κ3) is 6.53. The molecule has 0 aliphatic carbocycles. The van der Waals surface area contributed by atoms with E-state index >= 15 is 0 Å². The Bertz CT molecular complexity index is 985. The van der Waals surface area contributed by atoms with Crippen molar-refractivity contribution in [1.82, 2.24) is 9.55 Å². The van der Waals surface area contributed by atoms with Crippen LogP contribution < -0.4 is 0 Å². The molecule has 3 atom stereocenters. The van der Waals surface area contributed by atoms with E-state index in [1.54, 1.807) is 36.8 Å². The van der Waals surface area contributed by atoms with Gasteiger partial charge >= 0.3 is 0 Å². The van der Waals surface area contributed by atoms with Crippen molar-refractivity contribution in [3.8, 4) is 0 Å². The zero-order valence-corrected chi connectivity index (χ0v) is 19.0. The summed E-state index contributed by atoms with van der Waals surface area (Å²) in [4.78, 5) is 4.11. The maximum absolute atomic E-state index is 13.0. The minimum Gasteiger partial charge on any atom is -0.374 e. The monoisotopic (exact) mass is 478 g/mol. The van der Waals surface area contributed by atoms with Gasteiger partial charge in [0.2, 0.25) is 0 Å². The second-order valence-corrected chi connectivity index (χ2v) is 8.65. The van der Waals surface area contributed by atoms with E-state index in [0.29, 0.717) is 29.8 Å². The molecule has 8 heteroatoms. The lowest BCUT2D eigenvalue weighted by Crippen LogP contribution is -2.34. The largest absolute Gasteiger partial charge is 0.374 e. The Labute approximate surface area is 197 Å². The van der Waals surface area contributed by atoms with Crippen molar-refractivity contribution in [2.45, 2.75) is 50.9 Å². The summed E-state index contributed by atoms with van der Waals surface area (Å²) in [6.07, 6.45) is 7.26. The Morgan fingerprint density at radius 1 is 1.16 bits per heavy atom. The zero-order valence-electron chi connectivity index (χ0n) is 17.5. The molecule has 3 aromatic rings. The molecule has 0 amide bonds. The van der Waals surface area contributed by atoms with Crippen molar-refractivity contribution in [3.63, 3.8) is 0 Å². The summed E-state index contributed by atoms with van der Waals surface area (Å²) in [6, 6.07) is 11.7. The molecule has 1 aliphatic heterocycles. The summed E-state index contributed by atoms with van der Waals surface area (Å²) < 4.78 is 33.3. The van der Waals surface area contributed by atoms with Crippen LogP contribution in [0.25, 0.3) is 0 Å². The van der Waals surface area contributed by atoms with Crippen LogP contribution in [0.1, 0.15) is 36.5 Å². The summed E-state index contributed by atoms with van der Waals surface area (Å²) in [5.74, 6) is -0.254. The molecule has 2 aromatic carbocycles. The number of benzene rings is 2. The minimum atomic E-state index is -0.372. The lowest BCUT2D eigenvalue weighted by Gasteiger charge is -2.33. The molecule has 0 saturated carbocycles. The van der Waals surface area contributed by atoms with E-state index in [1.165, 1.54) is 12.1 Å². The lowest BCUT2D eigenvalue weighted by atomic mass is 10.1. The molecule has 2 heterocycles. The molecule has 0 spiro atoms. The van der Waals surface area contributed by atoms with Gasteiger partial charge in [0.1, 0.15) is 11.9 Å². The third-order valence-electron chi connectivity index (χ3n) is 5.36. The van der Waals surface area contributed by atoms with Gasteiger partial charge in [-0.05, 0) is 49.1 Å². The van der Waals surface area contributed by atoms with Gasteiger partial charge in [0.15, 0.2) is 6.29 Å². The van der Waals surface area contributed by atoms with Crippen LogP contribution in [0.15, 0.2) is 61.2 Å². The first-order chi connectivity index (χ1) is 15.6. The van der Waals surface area contributed by atoms with Crippen LogP contribution in [0.2, 0.25) is 10.0 Å². The smallest absolute Gasteiger partial charge is 0.158 e. The normalized spacial score (nSPS) is 19.7. The van der Waals surface area contributed by atoms with E-state index in [2.05, 4.69) is 4.98 Å². The number of rotatable bonds is 9. The zero-order chi connectivity index (χ0) is 22.3. The number of nitrogens with zero attached hydrogens (tertiary/aromatic N) is 2. The van der Waals surface area contributed by atoms with Crippen LogP contribution in [0, 0.1) is 5.82 Å². The van der Waals surface area contributed by atoms with E-state index in [-0.39, 0.29) is 24.3 Å². The summed E-state index contributed by atoms with van der Waals surface area (Å²) in [5, 5.41) is 1.13. The first-order valence-corrected chi connectivity index (χ1v) is 11.4. The highest BCUT2D eigenvalue weighted by Crippen LogP contribution is 2.33. The van der Waals surface area contributed by atoms with E-state index in [9.17, 15) is 4.39 Å². The molecule has 0 N–H and O–H groups in total. The summed E-state index contributed by atoms with van der Waals surface area (Å²) in [6.45, 7) is 1.41. The van der Waals surface area contributed by atoms with Crippen LogP contribution in [-0.2, 0) is 27.4 Å². The van der Waals surface area contributed by atoms with Gasteiger partial charge < -0.3 is 18.8 Å². The third-order valence-corrected chi connectivity index (χ3v) is 5.92. The van der Waals surface area contributed by atoms with Gasteiger partial charge in [-0.3, -0.25) is 0 Å². The first-order valence-electron chi connectivity index (χ1n) is 10.6. The molecule has 0 bridgehead atoms. The standard InChI is InChI=1S/C24H25Cl2FN2O3/c25-18-6-9-21(22(26)12-18)23(13-29-11-10-28-16-29)32-24-3-1-2-20(31-24)15-30-14-17-4-7-19(27)8-5-17/h4-12,16,20,23-24H,1-3,13-15H2. The molecule has 5 nitrogen and oxygen atoms in total. The second kappa shape index (κ2) is 11.3. The maximum atomic E-state index is 13.0. The maximum Gasteiger partial charge on any atom is 0.158 e. The van der Waals surface area contributed by atoms with Crippen LogP contribution in [0.4, 0.5) is 4.39 Å². The van der Waals surface area contributed by atoms with Gasteiger partial charge in [0, 0.05) is 28.0 Å². The van der Waals surface area contributed by atoms with Gasteiger partial charge in [0.05, 0.1) is 32.2 Å². The second-order valence-electron chi connectivity index (χ2n) is 7.81. The van der Waals surface area contributed by atoms with E-state index in [1.807, 2.05) is 16.8 Å². The van der Waals surface area contributed by atoms with Crippen LogP contribution in [0.5, 0.6) is 0 Å². The van der Waals surface area contributed by atoms with Crippen LogP contribution in [0.3, 0.4) is 0 Å². The Morgan fingerprint density at radius 2 is 2.00 bits per heavy atom. The van der Waals surface area contributed by atoms with Gasteiger partial charge in [-0.1, -0.05) is 41.4 Å². The lowest BCUT2D eigenvalue weighted by molar-refractivity contribution is -0.227. The average molecular weight is 479 g/mol. The molecule has 1 aromatic heterocycles. The number of aromatic nitrogens is 2. The fourth-order valence-corrected chi connectivity index (χ4v) is 4.25. The molecule has 32 heavy (non-hydrogen) atoms. The van der Waals surface area contributed by atoms with Gasteiger partial charge in [0.25, 0.3) is 0 Å². The number of hydrogen-bond acceptors (Lipinski definition) is 4. The molecule has 1 aliphatic rings. The fraction of sp³-hybridized carbons (Fsp3) is 0.375. The highest BCUT2D eigenvalue weighted by Gasteiger charge is 2.27. The highest BCUT2D eigenvalue weighted by atomic mass is 35.5. The van der Waals surface area contributed by atoms with Gasteiger partial charge in [-0.15, -0.1) is 0 Å². The Hall–Kier alpha value is -1.96. The molecule has 1 fully saturated rings. The van der Waals surface area contributed by atoms with E-state index in [4.69, 9.17) is 37.4 Å². The van der Waals surface area contributed by atoms with Crippen molar-refractivity contribution in [2.24, 2.45) is 0 Å². The van der Waals surface area contributed by atoms with Crippen molar-refractivity contribution in [1.29, 1.82) is 0 Å². The number of halogens is 3. The summed E-state index contributed by atoms with van der Waals surface area (Å²) >= 11 is 12.6. The summed E-state index contributed by atoms with van der Waals surface area (Å²) in [5.41, 5.74) is 1.77. The van der Waals surface area contributed by atoms with Crippen LogP contribution >= 0.6 is 23.2 Å². The predicted octanol–water partition coefficient (Wildman–Crippen LogP) is 6.20. The molecule has 1 saturated heterocycles. The number of imidazole rings is 1. The topological polar surface area (TPSA) is 45.5 Å². The number of ether oxygens (including phenoxy) is 3. The molecule has 170 valence electrons. The van der Waals surface area contributed by atoms with E-state index < -0.39 is 0 Å². The SMILES string of the molecule is Fc1ccc(COCC2CCCC(OC(Cn3ccnc3)c3ccc(Cl)cc3Cl)O2)cc1.